The van der Waals surface area contributed by atoms with Crippen LogP contribution in [0.25, 0.3) is 6.08 Å². The second-order valence-electron chi connectivity index (χ2n) is 6.49. The average molecular weight is 273 g/mol. The maximum Gasteiger partial charge on any atom is 0.162 e. The van der Waals surface area contributed by atoms with Crippen molar-refractivity contribution in [3.05, 3.63) is 40.5 Å². The first-order valence-corrected chi connectivity index (χ1v) is 7.04. The molecule has 1 aromatic rings. The van der Waals surface area contributed by atoms with E-state index in [0.717, 1.165) is 22.3 Å². The summed E-state index contributed by atoms with van der Waals surface area (Å²) < 4.78 is 0. The minimum Gasteiger partial charge on any atom is -0.387 e. The molecular formula is C17H23NO2. The molecule has 3 nitrogen and oxygen atoms in total. The summed E-state index contributed by atoms with van der Waals surface area (Å²) in [4.78, 5) is 11.8. The summed E-state index contributed by atoms with van der Waals surface area (Å²) >= 11 is 0. The predicted molar refractivity (Wildman–Crippen MR) is 81.5 cm³/mol. The van der Waals surface area contributed by atoms with E-state index < -0.39 is 6.10 Å². The number of Topliss-reactive ketones (excluding diaryl/α,β-unsaturated/α-hetero) is 1. The molecule has 0 bridgehead atoms. The zero-order chi connectivity index (χ0) is 14.9. The van der Waals surface area contributed by atoms with Gasteiger partial charge in [0.15, 0.2) is 5.78 Å². The number of hydrogen-bond acceptors (Lipinski definition) is 3. The van der Waals surface area contributed by atoms with Crippen LogP contribution < -0.4 is 5.32 Å². The third kappa shape index (κ3) is 3.35. The molecule has 0 fully saturated rings. The van der Waals surface area contributed by atoms with Gasteiger partial charge in [-0.2, -0.15) is 0 Å². The van der Waals surface area contributed by atoms with Crippen molar-refractivity contribution in [1.82, 2.24) is 5.32 Å². The SMILES string of the molecule is CC1=Cc2c(cccc2[C@H](O)CNC(C)(C)C)CC1=O. The number of benzene rings is 1. The van der Waals surface area contributed by atoms with Crippen molar-refractivity contribution in [3.63, 3.8) is 0 Å². The van der Waals surface area contributed by atoms with Crippen LogP contribution in [0.15, 0.2) is 23.8 Å². The van der Waals surface area contributed by atoms with Crippen molar-refractivity contribution in [2.45, 2.75) is 45.8 Å². The Morgan fingerprint density at radius 1 is 1.35 bits per heavy atom. The number of allylic oxidation sites excluding steroid dienone is 1. The van der Waals surface area contributed by atoms with Gasteiger partial charge < -0.3 is 10.4 Å². The molecule has 3 heteroatoms. The van der Waals surface area contributed by atoms with Gasteiger partial charge in [0.2, 0.25) is 0 Å². The fourth-order valence-corrected chi connectivity index (χ4v) is 2.38. The van der Waals surface area contributed by atoms with Crippen LogP contribution in [0.5, 0.6) is 0 Å². The fourth-order valence-electron chi connectivity index (χ4n) is 2.38. The lowest BCUT2D eigenvalue weighted by Crippen LogP contribution is -2.38. The quantitative estimate of drug-likeness (QED) is 0.890. The average Bonchev–Trinajstić information content (AvgIpc) is 2.36. The normalized spacial score (nSPS) is 16.6. The molecule has 2 N–H and O–H groups in total. The zero-order valence-corrected chi connectivity index (χ0v) is 12.7. The predicted octanol–water partition coefficient (Wildman–Crippen LogP) is 2.64. The Morgan fingerprint density at radius 2 is 2.05 bits per heavy atom. The number of carbonyl (C=O) groups excluding carboxylic acids is 1. The van der Waals surface area contributed by atoms with E-state index in [9.17, 15) is 9.90 Å². The molecule has 0 saturated heterocycles. The first-order valence-electron chi connectivity index (χ1n) is 7.04. The van der Waals surface area contributed by atoms with Crippen LogP contribution in [0.1, 0.15) is 50.5 Å². The van der Waals surface area contributed by atoms with Crippen molar-refractivity contribution in [2.75, 3.05) is 6.54 Å². The summed E-state index contributed by atoms with van der Waals surface area (Å²) in [7, 11) is 0. The van der Waals surface area contributed by atoms with E-state index in [2.05, 4.69) is 26.1 Å². The maximum absolute atomic E-state index is 11.8. The van der Waals surface area contributed by atoms with Crippen LogP contribution in [0.2, 0.25) is 0 Å². The highest BCUT2D eigenvalue weighted by molar-refractivity contribution is 6.03. The number of hydrogen-bond donors (Lipinski definition) is 2. The van der Waals surface area contributed by atoms with E-state index in [4.69, 9.17) is 0 Å². The van der Waals surface area contributed by atoms with Gasteiger partial charge in [-0.15, -0.1) is 0 Å². The largest absolute Gasteiger partial charge is 0.387 e. The van der Waals surface area contributed by atoms with Gasteiger partial charge in [-0.1, -0.05) is 18.2 Å². The van der Waals surface area contributed by atoms with Gasteiger partial charge in [0.05, 0.1) is 6.10 Å². The van der Waals surface area contributed by atoms with Crippen molar-refractivity contribution < 1.29 is 9.90 Å². The van der Waals surface area contributed by atoms with Gasteiger partial charge in [0.25, 0.3) is 0 Å². The Balaban J connectivity index is 2.27. The van der Waals surface area contributed by atoms with Crippen LogP contribution in [0.3, 0.4) is 0 Å². The van der Waals surface area contributed by atoms with E-state index in [-0.39, 0.29) is 11.3 Å². The molecule has 0 heterocycles. The van der Waals surface area contributed by atoms with Crippen LogP contribution >= 0.6 is 0 Å². The van der Waals surface area contributed by atoms with Crippen LogP contribution in [0, 0.1) is 0 Å². The summed E-state index contributed by atoms with van der Waals surface area (Å²) in [6.07, 6.45) is 1.77. The number of β-amino-alcohol motifs (C(OH)–C–C–N with tert-alkyl or cyclic N) is 1. The molecule has 0 aromatic heterocycles. The fraction of sp³-hybridized carbons (Fsp3) is 0.471. The highest BCUT2D eigenvalue weighted by atomic mass is 16.3. The topological polar surface area (TPSA) is 49.3 Å². The smallest absolute Gasteiger partial charge is 0.162 e. The third-order valence-corrected chi connectivity index (χ3v) is 3.57. The molecule has 0 amide bonds. The molecule has 0 radical (unpaired) electrons. The number of fused-ring (bicyclic) bond motifs is 1. The van der Waals surface area contributed by atoms with E-state index in [0.29, 0.717) is 13.0 Å². The van der Waals surface area contributed by atoms with Gasteiger partial charge in [-0.3, -0.25) is 4.79 Å². The molecule has 0 unspecified atom stereocenters. The van der Waals surface area contributed by atoms with Crippen LogP contribution in [-0.4, -0.2) is 23.0 Å². The Labute approximate surface area is 120 Å². The lowest BCUT2D eigenvalue weighted by Gasteiger charge is -2.25. The van der Waals surface area contributed by atoms with Crippen molar-refractivity contribution in [2.24, 2.45) is 0 Å². The molecule has 1 aliphatic carbocycles. The summed E-state index contributed by atoms with van der Waals surface area (Å²) in [6.45, 7) is 8.55. The molecule has 20 heavy (non-hydrogen) atoms. The molecule has 1 aromatic carbocycles. The first-order chi connectivity index (χ1) is 9.28. The van der Waals surface area contributed by atoms with Crippen LogP contribution in [-0.2, 0) is 11.2 Å². The highest BCUT2D eigenvalue weighted by Crippen LogP contribution is 2.28. The van der Waals surface area contributed by atoms with E-state index in [1.54, 1.807) is 0 Å². The van der Waals surface area contributed by atoms with Crippen LogP contribution in [0.4, 0.5) is 0 Å². The standard InChI is InChI=1S/C17H23NO2/c1-11-8-14-12(9-15(11)19)6-5-7-13(14)16(20)10-18-17(2,3)4/h5-8,16,18,20H,9-10H2,1-4H3/t16-/m1/s1. The Hall–Kier alpha value is -1.45. The second kappa shape index (κ2) is 5.51. The van der Waals surface area contributed by atoms with Crippen molar-refractivity contribution in [1.29, 1.82) is 0 Å². The summed E-state index contributed by atoms with van der Waals surface area (Å²) in [5.74, 6) is 0.164. The number of aliphatic hydroxyl groups is 1. The number of carbonyl (C=O) groups is 1. The maximum atomic E-state index is 11.8. The highest BCUT2D eigenvalue weighted by Gasteiger charge is 2.21. The van der Waals surface area contributed by atoms with Crippen molar-refractivity contribution in [3.8, 4) is 0 Å². The van der Waals surface area contributed by atoms with E-state index in [1.165, 1.54) is 0 Å². The number of ketones is 1. The molecular weight excluding hydrogens is 250 g/mol. The zero-order valence-electron chi connectivity index (χ0n) is 12.7. The van der Waals surface area contributed by atoms with E-state index in [1.807, 2.05) is 31.2 Å². The van der Waals surface area contributed by atoms with Gasteiger partial charge in [0, 0.05) is 18.5 Å². The molecule has 1 aliphatic rings. The van der Waals surface area contributed by atoms with E-state index >= 15 is 0 Å². The molecule has 0 saturated carbocycles. The first kappa shape index (κ1) is 14.9. The lowest BCUT2D eigenvalue weighted by molar-refractivity contribution is -0.114. The van der Waals surface area contributed by atoms with Gasteiger partial charge >= 0.3 is 0 Å². The summed E-state index contributed by atoms with van der Waals surface area (Å²) in [5, 5.41) is 13.7. The Morgan fingerprint density at radius 3 is 2.70 bits per heavy atom. The van der Waals surface area contributed by atoms with Gasteiger partial charge in [-0.25, -0.2) is 0 Å². The monoisotopic (exact) mass is 273 g/mol. The molecule has 0 spiro atoms. The molecule has 1 atom stereocenters. The molecule has 108 valence electrons. The minimum atomic E-state index is -0.568. The second-order valence-corrected chi connectivity index (χ2v) is 6.49. The lowest BCUT2D eigenvalue weighted by atomic mass is 9.87. The minimum absolute atomic E-state index is 0.0302. The van der Waals surface area contributed by atoms with Crippen molar-refractivity contribution >= 4 is 11.9 Å². The third-order valence-electron chi connectivity index (χ3n) is 3.57. The summed E-state index contributed by atoms with van der Waals surface area (Å²) in [6, 6.07) is 5.81. The molecule has 2 rings (SSSR count). The number of nitrogens with one attached hydrogen (secondary N) is 1. The number of rotatable bonds is 3. The Bertz CT molecular complexity index is 553. The Kier molecular flexibility index (Phi) is 4.11. The number of aliphatic hydroxyl groups excluding tert-OH is 1. The molecule has 0 aliphatic heterocycles. The van der Waals surface area contributed by atoms with Gasteiger partial charge in [0.1, 0.15) is 0 Å². The van der Waals surface area contributed by atoms with Gasteiger partial charge in [-0.05, 0) is 56.0 Å². The summed E-state index contributed by atoms with van der Waals surface area (Å²) in [5.41, 5.74) is 3.64.